The summed E-state index contributed by atoms with van der Waals surface area (Å²) in [6, 6.07) is 19.1. The Labute approximate surface area is 235 Å². The van der Waals surface area contributed by atoms with Gasteiger partial charge in [-0.05, 0) is 48.4 Å². The van der Waals surface area contributed by atoms with E-state index in [4.69, 9.17) is 0 Å². The van der Waals surface area contributed by atoms with Crippen molar-refractivity contribution in [1.82, 2.24) is 14.8 Å². The molecule has 2 heterocycles. The molecule has 41 heavy (non-hydrogen) atoms. The largest absolute Gasteiger partial charge is 0.573 e. The number of benzene rings is 3. The molecule has 0 saturated carbocycles. The molecule has 14 heteroatoms. The smallest absolute Gasteiger partial charge is 0.433 e. The molecule has 0 amide bonds. The zero-order valence-electron chi connectivity index (χ0n) is 21.1. The second-order valence-corrected chi connectivity index (χ2v) is 9.57. The van der Waals surface area contributed by atoms with Crippen LogP contribution in [0, 0.1) is 0 Å². The Hall–Kier alpha value is -4.46. The first-order chi connectivity index (χ1) is 19.7. The summed E-state index contributed by atoms with van der Waals surface area (Å²) in [5, 5.41) is 13.5. The summed E-state index contributed by atoms with van der Waals surface area (Å²) in [6.45, 7) is -2.35. The third-order valence-corrected chi connectivity index (χ3v) is 6.76. The highest BCUT2D eigenvalue weighted by atomic mass is 32.2. The Balaban J connectivity index is 1.26. The molecule has 1 fully saturated rings. The zero-order valence-corrected chi connectivity index (χ0v) is 21.9. The number of aromatic nitrogens is 3. The molecule has 0 N–H and O–H groups in total. The quantitative estimate of drug-likeness (QED) is 0.129. The Morgan fingerprint density at radius 1 is 0.976 bits per heavy atom. The number of para-hydroxylation sites is 2. The van der Waals surface area contributed by atoms with E-state index in [2.05, 4.69) is 29.8 Å². The topological polar surface area (TPSA) is 77.1 Å². The van der Waals surface area contributed by atoms with E-state index >= 15 is 0 Å². The van der Waals surface area contributed by atoms with Crippen LogP contribution in [0.2, 0.25) is 0 Å². The van der Waals surface area contributed by atoms with Gasteiger partial charge in [0.2, 0.25) is 0 Å². The number of nitrogens with zero attached hydrogens (tertiary/aromatic N) is 6. The summed E-state index contributed by atoms with van der Waals surface area (Å²) in [4.78, 5) is 6.09. The van der Waals surface area contributed by atoms with Crippen LogP contribution in [0.15, 0.2) is 89.3 Å². The van der Waals surface area contributed by atoms with Crippen LogP contribution in [-0.4, -0.2) is 51.4 Å². The molecule has 1 aliphatic heterocycles. The molecule has 1 aromatic heterocycles. The number of rotatable bonds is 8. The zero-order chi connectivity index (χ0) is 28.8. The highest BCUT2D eigenvalue weighted by molar-refractivity contribution is 8.14. The van der Waals surface area contributed by atoms with Crippen LogP contribution in [0.3, 0.4) is 0 Å². The third-order valence-electron chi connectivity index (χ3n) is 5.71. The Kier molecular flexibility index (Phi) is 8.47. The number of hydrogen-bond donors (Lipinski definition) is 0. The lowest BCUT2D eigenvalue weighted by atomic mass is 10.1. The van der Waals surface area contributed by atoms with Gasteiger partial charge in [0.25, 0.3) is 0 Å². The average Bonchev–Trinajstić information content (AvgIpc) is 3.44. The van der Waals surface area contributed by atoms with Gasteiger partial charge in [-0.2, -0.15) is 13.9 Å². The van der Waals surface area contributed by atoms with Crippen molar-refractivity contribution >= 4 is 28.8 Å². The second-order valence-electron chi connectivity index (χ2n) is 8.50. The van der Waals surface area contributed by atoms with Gasteiger partial charge in [0.1, 0.15) is 17.8 Å². The van der Waals surface area contributed by atoms with Crippen LogP contribution in [0.1, 0.15) is 12.0 Å². The summed E-state index contributed by atoms with van der Waals surface area (Å²) in [6.07, 6.45) is -0.888. The maximum atomic E-state index is 12.9. The minimum atomic E-state index is -4.76. The predicted molar refractivity (Wildman–Crippen MR) is 146 cm³/mol. The van der Waals surface area contributed by atoms with Crippen molar-refractivity contribution in [2.75, 3.05) is 17.2 Å². The molecule has 0 radical (unpaired) electrons. The maximum absolute atomic E-state index is 12.9. The highest BCUT2D eigenvalue weighted by Gasteiger charge is 2.31. The fourth-order valence-corrected chi connectivity index (χ4v) is 4.83. The number of amidine groups is 1. The second kappa shape index (κ2) is 12.4. The van der Waals surface area contributed by atoms with Gasteiger partial charge in [-0.3, -0.25) is 0 Å². The van der Waals surface area contributed by atoms with Crippen LogP contribution in [0.5, 0.6) is 11.5 Å². The molecule has 1 saturated heterocycles. The van der Waals surface area contributed by atoms with Crippen molar-refractivity contribution in [1.29, 1.82) is 0 Å². The number of halogens is 5. The Bertz CT molecular complexity index is 1520. The van der Waals surface area contributed by atoms with E-state index in [0.29, 0.717) is 34.5 Å². The first-order valence-corrected chi connectivity index (χ1v) is 13.2. The fraction of sp³-hybridized carbons (Fsp3) is 0.185. The highest BCUT2D eigenvalue weighted by Crippen LogP contribution is 2.34. The molecule has 0 spiro atoms. The molecule has 3 aromatic carbocycles. The van der Waals surface area contributed by atoms with E-state index in [1.54, 1.807) is 48.7 Å². The first-order valence-electron chi connectivity index (χ1n) is 12.2. The summed E-state index contributed by atoms with van der Waals surface area (Å²) in [5.74, 6) is 0.983. The van der Waals surface area contributed by atoms with Gasteiger partial charge < -0.3 is 14.4 Å². The number of thioether (sulfide) groups is 1. The van der Waals surface area contributed by atoms with Crippen LogP contribution in [0.25, 0.3) is 17.1 Å². The third kappa shape index (κ3) is 7.39. The molecular formula is C27H21F5N6O2S. The molecule has 0 aliphatic carbocycles. The summed E-state index contributed by atoms with van der Waals surface area (Å²) in [5.41, 5.74) is 2.48. The van der Waals surface area contributed by atoms with Gasteiger partial charge in [0.05, 0.1) is 17.6 Å². The van der Waals surface area contributed by atoms with E-state index in [0.717, 1.165) is 17.7 Å². The van der Waals surface area contributed by atoms with Crippen molar-refractivity contribution < 1.29 is 31.4 Å². The van der Waals surface area contributed by atoms with Gasteiger partial charge in [-0.25, -0.2) is 9.67 Å². The minimum absolute atomic E-state index is 0.0702. The Morgan fingerprint density at radius 3 is 2.46 bits per heavy atom. The van der Waals surface area contributed by atoms with Gasteiger partial charge in [0, 0.05) is 17.9 Å². The van der Waals surface area contributed by atoms with E-state index in [1.165, 1.54) is 53.1 Å². The molecular weight excluding hydrogens is 567 g/mol. The number of anilines is 1. The van der Waals surface area contributed by atoms with Crippen molar-refractivity contribution in [2.24, 2.45) is 10.2 Å². The van der Waals surface area contributed by atoms with E-state index in [1.807, 2.05) is 4.90 Å². The molecule has 0 unspecified atom stereocenters. The number of ether oxygens (including phenoxy) is 2. The SMILES string of the molecule is FC(F)Oc1ccccc1N1CCCS/C1=N\N=C\c1ccc(-c2ncn(-c3ccc(OC(F)(F)F)cc3)n2)cc1. The molecule has 212 valence electrons. The van der Waals surface area contributed by atoms with Crippen LogP contribution >= 0.6 is 11.8 Å². The predicted octanol–water partition coefficient (Wildman–Crippen LogP) is 6.77. The standard InChI is InChI=1S/C27H21F5N6O2S/c28-25(29)39-23-5-2-1-4-22(23)37-14-3-15-41-26(37)35-34-16-18-6-8-19(9-7-18)24-33-17-38(36-24)20-10-12-21(13-11-20)40-27(30,31)32/h1-2,4-13,16-17,25H,3,14-15H2/b34-16+,35-26-. The van der Waals surface area contributed by atoms with Crippen molar-refractivity contribution in [3.63, 3.8) is 0 Å². The lowest BCUT2D eigenvalue weighted by Crippen LogP contribution is -2.34. The Morgan fingerprint density at radius 2 is 1.73 bits per heavy atom. The first kappa shape index (κ1) is 28.1. The average molecular weight is 589 g/mol. The molecule has 8 nitrogen and oxygen atoms in total. The maximum Gasteiger partial charge on any atom is 0.573 e. The lowest BCUT2D eigenvalue weighted by Gasteiger charge is -2.30. The monoisotopic (exact) mass is 588 g/mol. The molecule has 0 bridgehead atoms. The normalized spacial score (nSPS) is 15.2. The van der Waals surface area contributed by atoms with E-state index in [-0.39, 0.29) is 11.5 Å². The van der Waals surface area contributed by atoms with Crippen LogP contribution in [0.4, 0.5) is 27.6 Å². The van der Waals surface area contributed by atoms with Crippen molar-refractivity contribution in [3.8, 4) is 28.6 Å². The summed E-state index contributed by atoms with van der Waals surface area (Å²) < 4.78 is 72.9. The summed E-state index contributed by atoms with van der Waals surface area (Å²) in [7, 11) is 0. The van der Waals surface area contributed by atoms with Gasteiger partial charge in [0.15, 0.2) is 11.0 Å². The van der Waals surface area contributed by atoms with Crippen molar-refractivity contribution in [2.45, 2.75) is 19.4 Å². The number of alkyl halides is 5. The van der Waals surface area contributed by atoms with E-state index in [9.17, 15) is 22.0 Å². The molecule has 4 aromatic rings. The fourth-order valence-electron chi connectivity index (χ4n) is 3.93. The molecule has 5 rings (SSSR count). The van der Waals surface area contributed by atoms with Crippen LogP contribution in [-0.2, 0) is 0 Å². The molecule has 0 atom stereocenters. The summed E-state index contributed by atoms with van der Waals surface area (Å²) >= 11 is 1.48. The van der Waals surface area contributed by atoms with Gasteiger partial charge in [-0.1, -0.05) is 48.2 Å². The van der Waals surface area contributed by atoms with Gasteiger partial charge >= 0.3 is 13.0 Å². The van der Waals surface area contributed by atoms with Gasteiger partial charge in [-0.15, -0.1) is 23.4 Å². The van der Waals surface area contributed by atoms with Crippen LogP contribution < -0.4 is 14.4 Å². The molecule has 1 aliphatic rings. The van der Waals surface area contributed by atoms with Crippen molar-refractivity contribution in [3.05, 3.63) is 84.7 Å². The number of hydrogen-bond acceptors (Lipinski definition) is 7. The minimum Gasteiger partial charge on any atom is -0.433 e. The van der Waals surface area contributed by atoms with E-state index < -0.39 is 13.0 Å². The lowest BCUT2D eigenvalue weighted by molar-refractivity contribution is -0.274.